The van der Waals surface area contributed by atoms with E-state index in [2.05, 4.69) is 93.6 Å². The van der Waals surface area contributed by atoms with Crippen LogP contribution in [0.15, 0.2) is 91.1 Å². The van der Waals surface area contributed by atoms with Gasteiger partial charge in [0.25, 0.3) is 0 Å². The maximum atomic E-state index is 12.2. The Balaban J connectivity index is 1.19. The van der Waals surface area contributed by atoms with Gasteiger partial charge in [-0.25, -0.2) is 9.78 Å². The molecule has 3 aromatic carbocycles. The van der Waals surface area contributed by atoms with E-state index in [1.165, 1.54) is 23.2 Å². The molecule has 0 saturated carbocycles. The molecule has 5 heteroatoms. The van der Waals surface area contributed by atoms with Crippen LogP contribution in [0.2, 0.25) is 0 Å². The first-order chi connectivity index (χ1) is 17.6. The Morgan fingerprint density at radius 3 is 2.28 bits per heavy atom. The van der Waals surface area contributed by atoms with E-state index in [1.54, 1.807) is 6.20 Å². The molecule has 0 atom stereocenters. The number of carbonyl (C=O) groups excluding carboxylic acids is 1. The number of aromatic nitrogens is 1. The lowest BCUT2D eigenvalue weighted by Crippen LogP contribution is -2.58. The van der Waals surface area contributed by atoms with Crippen LogP contribution in [-0.2, 0) is 4.74 Å². The molecule has 3 heterocycles. The Morgan fingerprint density at radius 2 is 1.61 bits per heavy atom. The van der Waals surface area contributed by atoms with Gasteiger partial charge in [-0.05, 0) is 48.1 Å². The van der Waals surface area contributed by atoms with Crippen LogP contribution in [0.4, 0.5) is 5.69 Å². The van der Waals surface area contributed by atoms with E-state index in [4.69, 9.17) is 4.74 Å². The summed E-state index contributed by atoms with van der Waals surface area (Å²) in [5, 5.41) is 2.05. The minimum atomic E-state index is -0.370. The van der Waals surface area contributed by atoms with Crippen molar-refractivity contribution in [3.05, 3.63) is 108 Å². The molecule has 36 heavy (non-hydrogen) atoms. The van der Waals surface area contributed by atoms with Crippen molar-refractivity contribution < 1.29 is 9.53 Å². The molecular formula is C31H31N3O2. The van der Waals surface area contributed by atoms with Crippen molar-refractivity contribution in [2.75, 3.05) is 37.7 Å². The predicted molar refractivity (Wildman–Crippen MR) is 143 cm³/mol. The first kappa shape index (κ1) is 22.7. The summed E-state index contributed by atoms with van der Waals surface area (Å²) in [7, 11) is 0. The first-order valence-electron chi connectivity index (χ1n) is 12.8. The molecule has 4 aromatic rings. The summed E-state index contributed by atoms with van der Waals surface area (Å²) in [6.45, 7) is 6.47. The zero-order chi connectivity index (χ0) is 24.5. The summed E-state index contributed by atoms with van der Waals surface area (Å²) < 4.78 is 5.13. The van der Waals surface area contributed by atoms with Crippen LogP contribution in [0.3, 0.4) is 0 Å². The van der Waals surface area contributed by atoms with Crippen molar-refractivity contribution in [2.24, 2.45) is 5.41 Å². The van der Waals surface area contributed by atoms with Crippen molar-refractivity contribution in [1.82, 2.24) is 9.88 Å². The molecule has 2 aliphatic heterocycles. The fourth-order valence-electron chi connectivity index (χ4n) is 5.94. The molecule has 1 spiro atoms. The van der Waals surface area contributed by atoms with Crippen molar-refractivity contribution in [1.29, 1.82) is 0 Å². The second-order valence-electron chi connectivity index (χ2n) is 10.1. The molecule has 0 amide bonds. The Bertz CT molecular complexity index is 1330. The molecule has 0 aliphatic carbocycles. The normalized spacial score (nSPS) is 17.0. The van der Waals surface area contributed by atoms with E-state index in [1.807, 2.05) is 13.0 Å². The Hall–Kier alpha value is -3.70. The van der Waals surface area contributed by atoms with E-state index < -0.39 is 0 Å². The molecule has 0 N–H and O–H groups in total. The molecule has 2 fully saturated rings. The molecule has 0 radical (unpaired) electrons. The number of pyridine rings is 1. The van der Waals surface area contributed by atoms with E-state index in [0.717, 1.165) is 37.0 Å². The van der Waals surface area contributed by atoms with Gasteiger partial charge in [0, 0.05) is 48.9 Å². The third-order valence-corrected chi connectivity index (χ3v) is 7.67. The Labute approximate surface area is 212 Å². The number of carbonyl (C=O) groups is 1. The van der Waals surface area contributed by atoms with Gasteiger partial charge >= 0.3 is 5.97 Å². The lowest BCUT2D eigenvalue weighted by molar-refractivity contribution is -0.00551. The second kappa shape index (κ2) is 9.40. The van der Waals surface area contributed by atoms with Crippen LogP contribution in [0.1, 0.15) is 41.0 Å². The summed E-state index contributed by atoms with van der Waals surface area (Å²) >= 11 is 0. The standard InChI is InChI=1S/C31H31N3O2/c1-2-36-30(35)28-18-26-17-27(14-13-25(26)19-32-28)33-16-15-31(20-33)21-34(22-31)29(23-9-5-3-6-10-23)24-11-7-4-8-12-24/h3-14,17-19,29H,2,15-16,20-22H2,1H3. The van der Waals surface area contributed by atoms with Crippen LogP contribution < -0.4 is 4.90 Å². The summed E-state index contributed by atoms with van der Waals surface area (Å²) in [6, 6.07) is 30.3. The minimum Gasteiger partial charge on any atom is -0.461 e. The highest BCUT2D eigenvalue weighted by atomic mass is 16.5. The van der Waals surface area contributed by atoms with Gasteiger partial charge in [0.15, 0.2) is 0 Å². The molecule has 0 bridgehead atoms. The van der Waals surface area contributed by atoms with Crippen LogP contribution in [-0.4, -0.2) is 48.6 Å². The summed E-state index contributed by atoms with van der Waals surface area (Å²) in [5.41, 5.74) is 4.61. The third kappa shape index (κ3) is 4.24. The molecule has 6 rings (SSSR count). The fourth-order valence-corrected chi connectivity index (χ4v) is 5.94. The smallest absolute Gasteiger partial charge is 0.356 e. The number of rotatable bonds is 6. The number of nitrogens with zero attached hydrogens (tertiary/aromatic N) is 3. The molecule has 0 unspecified atom stereocenters. The predicted octanol–water partition coefficient (Wildman–Crippen LogP) is 5.71. The quantitative estimate of drug-likeness (QED) is 0.333. The molecule has 2 aliphatic rings. The molecule has 182 valence electrons. The van der Waals surface area contributed by atoms with Crippen molar-refractivity contribution >= 4 is 22.4 Å². The van der Waals surface area contributed by atoms with Crippen LogP contribution >= 0.6 is 0 Å². The van der Waals surface area contributed by atoms with Gasteiger partial charge in [0.1, 0.15) is 5.69 Å². The molecule has 5 nitrogen and oxygen atoms in total. The topological polar surface area (TPSA) is 45.7 Å². The van der Waals surface area contributed by atoms with Gasteiger partial charge in [-0.15, -0.1) is 0 Å². The maximum Gasteiger partial charge on any atom is 0.356 e. The highest BCUT2D eigenvalue weighted by molar-refractivity contribution is 5.94. The largest absolute Gasteiger partial charge is 0.461 e. The van der Waals surface area contributed by atoms with Gasteiger partial charge in [0.05, 0.1) is 12.6 Å². The van der Waals surface area contributed by atoms with Crippen molar-refractivity contribution in [2.45, 2.75) is 19.4 Å². The number of hydrogen-bond acceptors (Lipinski definition) is 5. The lowest BCUT2D eigenvalue weighted by Gasteiger charge is -2.52. The third-order valence-electron chi connectivity index (χ3n) is 7.67. The number of ether oxygens (including phenoxy) is 1. The van der Waals surface area contributed by atoms with E-state index in [0.29, 0.717) is 23.8 Å². The number of likely N-dealkylation sites (tertiary alicyclic amines) is 1. The number of esters is 1. The zero-order valence-corrected chi connectivity index (χ0v) is 20.6. The summed E-state index contributed by atoms with van der Waals surface area (Å²) in [4.78, 5) is 21.6. The molecular weight excluding hydrogens is 446 g/mol. The number of benzene rings is 3. The number of fused-ring (bicyclic) bond motifs is 1. The Kier molecular flexibility index (Phi) is 5.94. The number of hydrogen-bond donors (Lipinski definition) is 0. The van der Waals surface area contributed by atoms with E-state index in [9.17, 15) is 4.79 Å². The van der Waals surface area contributed by atoms with Crippen LogP contribution in [0.5, 0.6) is 0 Å². The van der Waals surface area contributed by atoms with Gasteiger partial charge < -0.3 is 9.64 Å². The average molecular weight is 478 g/mol. The van der Waals surface area contributed by atoms with Gasteiger partial charge in [-0.1, -0.05) is 66.7 Å². The second-order valence-corrected chi connectivity index (χ2v) is 10.1. The summed E-state index contributed by atoms with van der Waals surface area (Å²) in [5.74, 6) is -0.370. The zero-order valence-electron chi connectivity index (χ0n) is 20.6. The van der Waals surface area contributed by atoms with Crippen molar-refractivity contribution in [3.8, 4) is 0 Å². The molecule has 1 aromatic heterocycles. The highest BCUT2D eigenvalue weighted by Crippen LogP contribution is 2.46. The van der Waals surface area contributed by atoms with E-state index in [-0.39, 0.29) is 5.97 Å². The number of anilines is 1. The van der Waals surface area contributed by atoms with Gasteiger partial charge in [0.2, 0.25) is 0 Å². The van der Waals surface area contributed by atoms with Crippen LogP contribution in [0.25, 0.3) is 10.8 Å². The van der Waals surface area contributed by atoms with Gasteiger partial charge in [-0.3, -0.25) is 4.90 Å². The average Bonchev–Trinajstić information content (AvgIpc) is 3.35. The lowest BCUT2D eigenvalue weighted by atomic mass is 9.76. The maximum absolute atomic E-state index is 12.2. The summed E-state index contributed by atoms with van der Waals surface area (Å²) in [6.07, 6.45) is 2.95. The van der Waals surface area contributed by atoms with Crippen LogP contribution in [0, 0.1) is 5.41 Å². The highest BCUT2D eigenvalue weighted by Gasteiger charge is 2.49. The molecule has 2 saturated heterocycles. The fraction of sp³-hybridized carbons (Fsp3) is 0.290. The Morgan fingerprint density at radius 1 is 0.917 bits per heavy atom. The first-order valence-corrected chi connectivity index (χ1v) is 12.8. The van der Waals surface area contributed by atoms with Gasteiger partial charge in [-0.2, -0.15) is 0 Å². The monoisotopic (exact) mass is 477 g/mol. The SMILES string of the molecule is CCOC(=O)c1cc2cc(N3CCC4(C3)CN(C(c3ccccc3)c3ccccc3)C4)ccc2cn1. The minimum absolute atomic E-state index is 0.293. The van der Waals surface area contributed by atoms with Crippen molar-refractivity contribution in [3.63, 3.8) is 0 Å². The van der Waals surface area contributed by atoms with E-state index >= 15 is 0 Å².